The quantitative estimate of drug-likeness (QED) is 0.738. The Bertz CT molecular complexity index is 641. The van der Waals surface area contributed by atoms with Gasteiger partial charge in [0.15, 0.2) is 0 Å². The van der Waals surface area contributed by atoms with Gasteiger partial charge in [-0.15, -0.1) is 0 Å². The average molecular weight is 278 g/mol. The van der Waals surface area contributed by atoms with Gasteiger partial charge in [-0.1, -0.05) is 11.6 Å². The van der Waals surface area contributed by atoms with E-state index < -0.39 is 5.91 Å². The molecule has 4 nitrogen and oxygen atoms in total. The summed E-state index contributed by atoms with van der Waals surface area (Å²) in [6, 6.07) is 8.89. The van der Waals surface area contributed by atoms with Crippen molar-refractivity contribution in [3.8, 4) is 11.5 Å². The van der Waals surface area contributed by atoms with E-state index in [0.717, 1.165) is 5.56 Å². The summed E-state index contributed by atoms with van der Waals surface area (Å²) in [5, 5.41) is 22.0. The number of amides is 1. The topological polar surface area (TPSA) is 69.6 Å². The predicted octanol–water partition coefficient (Wildman–Crippen LogP) is 3.31. The summed E-state index contributed by atoms with van der Waals surface area (Å²) >= 11 is 5.70. The molecule has 2 aromatic rings. The first kappa shape index (κ1) is 13.2. The lowest BCUT2D eigenvalue weighted by molar-refractivity contribution is 0.102. The van der Waals surface area contributed by atoms with E-state index in [2.05, 4.69) is 5.32 Å². The molecule has 0 unspecified atom stereocenters. The van der Waals surface area contributed by atoms with Crippen molar-refractivity contribution in [3.05, 3.63) is 52.5 Å². The highest BCUT2D eigenvalue weighted by atomic mass is 35.5. The van der Waals surface area contributed by atoms with E-state index in [-0.39, 0.29) is 17.1 Å². The van der Waals surface area contributed by atoms with Crippen molar-refractivity contribution in [1.82, 2.24) is 0 Å². The molecule has 0 spiro atoms. The van der Waals surface area contributed by atoms with Crippen LogP contribution in [0.15, 0.2) is 36.4 Å². The van der Waals surface area contributed by atoms with Crippen LogP contribution >= 0.6 is 11.6 Å². The summed E-state index contributed by atoms with van der Waals surface area (Å²) in [6.07, 6.45) is 0. The molecule has 0 aliphatic rings. The van der Waals surface area contributed by atoms with Gasteiger partial charge in [0.2, 0.25) is 0 Å². The number of halogens is 1. The maximum atomic E-state index is 12.0. The van der Waals surface area contributed by atoms with Crippen molar-refractivity contribution in [2.75, 3.05) is 5.32 Å². The minimum absolute atomic E-state index is 0.129. The van der Waals surface area contributed by atoms with E-state index in [9.17, 15) is 15.0 Å². The van der Waals surface area contributed by atoms with Crippen molar-refractivity contribution in [2.45, 2.75) is 6.92 Å². The van der Waals surface area contributed by atoms with Crippen LogP contribution in [0.25, 0.3) is 0 Å². The molecule has 5 heteroatoms. The first-order valence-corrected chi connectivity index (χ1v) is 5.94. The second kappa shape index (κ2) is 5.20. The van der Waals surface area contributed by atoms with Gasteiger partial charge in [-0.05, 0) is 48.9 Å². The number of aromatic hydroxyl groups is 2. The molecule has 1 amide bonds. The summed E-state index contributed by atoms with van der Waals surface area (Å²) in [4.78, 5) is 12.0. The Morgan fingerprint density at radius 2 is 1.89 bits per heavy atom. The van der Waals surface area contributed by atoms with Gasteiger partial charge in [0.05, 0.1) is 5.56 Å². The van der Waals surface area contributed by atoms with Gasteiger partial charge in [0.1, 0.15) is 11.5 Å². The normalized spacial score (nSPS) is 10.2. The molecular formula is C14H12ClNO3. The second-order valence-electron chi connectivity index (χ2n) is 4.11. The van der Waals surface area contributed by atoms with E-state index in [1.165, 1.54) is 30.3 Å². The lowest BCUT2D eigenvalue weighted by atomic mass is 10.1. The number of nitrogens with one attached hydrogen (secondary N) is 1. The third-order valence-corrected chi connectivity index (χ3v) is 2.90. The van der Waals surface area contributed by atoms with Crippen molar-refractivity contribution in [1.29, 1.82) is 0 Å². The number of hydrogen-bond donors (Lipinski definition) is 3. The Morgan fingerprint density at radius 3 is 2.53 bits per heavy atom. The van der Waals surface area contributed by atoms with E-state index in [0.29, 0.717) is 10.7 Å². The number of aryl methyl sites for hydroxylation is 1. The lowest BCUT2D eigenvalue weighted by Crippen LogP contribution is -2.12. The molecule has 0 radical (unpaired) electrons. The Balaban J connectivity index is 2.25. The van der Waals surface area contributed by atoms with Crippen LogP contribution in [0.4, 0.5) is 5.69 Å². The number of phenolic OH excluding ortho intramolecular Hbond substituents is 2. The van der Waals surface area contributed by atoms with Crippen LogP contribution in [0.3, 0.4) is 0 Å². The van der Waals surface area contributed by atoms with Crippen LogP contribution in [0.1, 0.15) is 15.9 Å². The monoisotopic (exact) mass is 277 g/mol. The zero-order chi connectivity index (χ0) is 14.0. The molecule has 0 atom stereocenters. The zero-order valence-corrected chi connectivity index (χ0v) is 10.9. The Morgan fingerprint density at radius 1 is 1.16 bits per heavy atom. The Labute approximate surface area is 115 Å². The molecule has 0 bridgehead atoms. The van der Waals surface area contributed by atoms with E-state index in [1.54, 1.807) is 13.0 Å². The van der Waals surface area contributed by atoms with Gasteiger partial charge in [-0.3, -0.25) is 4.79 Å². The number of hydrogen-bond acceptors (Lipinski definition) is 3. The first-order chi connectivity index (χ1) is 8.97. The number of carbonyl (C=O) groups is 1. The summed E-state index contributed by atoms with van der Waals surface area (Å²) in [5.74, 6) is -0.491. The molecule has 98 valence electrons. The summed E-state index contributed by atoms with van der Waals surface area (Å²) < 4.78 is 0. The first-order valence-electron chi connectivity index (χ1n) is 5.57. The fourth-order valence-corrected chi connectivity index (χ4v) is 1.84. The Kier molecular flexibility index (Phi) is 3.62. The van der Waals surface area contributed by atoms with E-state index in [4.69, 9.17) is 11.6 Å². The van der Waals surface area contributed by atoms with Crippen LogP contribution in [0.2, 0.25) is 5.02 Å². The fraction of sp³-hybridized carbons (Fsp3) is 0.0714. The third-order valence-electron chi connectivity index (χ3n) is 2.66. The number of anilines is 1. The maximum absolute atomic E-state index is 12.0. The van der Waals surface area contributed by atoms with Crippen LogP contribution in [-0.4, -0.2) is 16.1 Å². The van der Waals surface area contributed by atoms with Gasteiger partial charge >= 0.3 is 0 Å². The highest BCUT2D eigenvalue weighted by Gasteiger charge is 2.12. The minimum Gasteiger partial charge on any atom is -0.508 e. The predicted molar refractivity (Wildman–Crippen MR) is 73.9 cm³/mol. The number of benzene rings is 2. The summed E-state index contributed by atoms with van der Waals surface area (Å²) in [7, 11) is 0. The van der Waals surface area contributed by atoms with Crippen LogP contribution in [0, 0.1) is 6.92 Å². The summed E-state index contributed by atoms with van der Waals surface area (Å²) in [6.45, 7) is 1.76. The molecule has 0 saturated heterocycles. The molecule has 0 aliphatic heterocycles. The molecule has 19 heavy (non-hydrogen) atoms. The third kappa shape index (κ3) is 2.98. The molecular weight excluding hydrogens is 266 g/mol. The molecule has 0 fully saturated rings. The average Bonchev–Trinajstić information content (AvgIpc) is 2.32. The molecule has 2 aromatic carbocycles. The molecule has 2 rings (SSSR count). The minimum atomic E-state index is -0.442. The van der Waals surface area contributed by atoms with Crippen LogP contribution < -0.4 is 5.32 Å². The number of phenols is 2. The van der Waals surface area contributed by atoms with Crippen LogP contribution in [-0.2, 0) is 0 Å². The fourth-order valence-electron chi connectivity index (χ4n) is 1.67. The molecule has 0 saturated carbocycles. The SMILES string of the molecule is Cc1cc(O)ccc1NC(=O)c1ccc(Cl)cc1O. The molecule has 0 aromatic heterocycles. The molecule has 0 heterocycles. The van der Waals surface area contributed by atoms with Gasteiger partial charge in [0, 0.05) is 10.7 Å². The zero-order valence-electron chi connectivity index (χ0n) is 10.1. The smallest absolute Gasteiger partial charge is 0.259 e. The van der Waals surface area contributed by atoms with Crippen molar-refractivity contribution in [2.24, 2.45) is 0 Å². The Hall–Kier alpha value is -2.20. The lowest BCUT2D eigenvalue weighted by Gasteiger charge is -2.09. The maximum Gasteiger partial charge on any atom is 0.259 e. The van der Waals surface area contributed by atoms with Gasteiger partial charge < -0.3 is 15.5 Å². The largest absolute Gasteiger partial charge is 0.508 e. The number of rotatable bonds is 2. The second-order valence-corrected chi connectivity index (χ2v) is 4.55. The molecule has 0 aliphatic carbocycles. The van der Waals surface area contributed by atoms with Crippen molar-refractivity contribution < 1.29 is 15.0 Å². The van der Waals surface area contributed by atoms with E-state index >= 15 is 0 Å². The van der Waals surface area contributed by atoms with E-state index in [1.807, 2.05) is 0 Å². The van der Waals surface area contributed by atoms with Gasteiger partial charge in [-0.2, -0.15) is 0 Å². The van der Waals surface area contributed by atoms with Crippen LogP contribution in [0.5, 0.6) is 11.5 Å². The van der Waals surface area contributed by atoms with Crippen molar-refractivity contribution in [3.63, 3.8) is 0 Å². The standard InChI is InChI=1S/C14H12ClNO3/c1-8-6-10(17)3-5-12(8)16-14(19)11-4-2-9(15)7-13(11)18/h2-7,17-18H,1H3,(H,16,19). The van der Waals surface area contributed by atoms with Gasteiger partial charge in [0.25, 0.3) is 5.91 Å². The number of carbonyl (C=O) groups excluding carboxylic acids is 1. The highest BCUT2D eigenvalue weighted by molar-refractivity contribution is 6.31. The van der Waals surface area contributed by atoms with Crippen molar-refractivity contribution >= 4 is 23.2 Å². The van der Waals surface area contributed by atoms with Gasteiger partial charge in [-0.25, -0.2) is 0 Å². The highest BCUT2D eigenvalue weighted by Crippen LogP contribution is 2.25. The molecule has 3 N–H and O–H groups in total. The summed E-state index contributed by atoms with van der Waals surface area (Å²) in [5.41, 5.74) is 1.43.